The number of nitrogens with two attached hydrogens (primary N) is 1. The average Bonchev–Trinajstić information content (AvgIpc) is 3.61. The van der Waals surface area contributed by atoms with Gasteiger partial charge in [0.25, 0.3) is 0 Å². The first-order chi connectivity index (χ1) is 22.6. The monoisotopic (exact) mass is 675 g/mol. The zero-order valence-corrected chi connectivity index (χ0v) is 28.8. The highest BCUT2D eigenvalue weighted by Crippen LogP contribution is 2.47. The van der Waals surface area contributed by atoms with Crippen molar-refractivity contribution in [2.45, 2.75) is 76.4 Å². The smallest absolute Gasteiger partial charge is 0.409 e. The van der Waals surface area contributed by atoms with Gasteiger partial charge in [0.15, 0.2) is 6.29 Å². The fourth-order valence-corrected chi connectivity index (χ4v) is 7.12. The van der Waals surface area contributed by atoms with Gasteiger partial charge in [-0.25, -0.2) is 9.78 Å². The molecule has 3 unspecified atom stereocenters. The van der Waals surface area contributed by atoms with Crippen molar-refractivity contribution in [2.24, 2.45) is 0 Å². The number of nitrogen functional groups attached to an aromatic ring is 1. The number of hydrogen-bond donors (Lipinski definition) is 3. The van der Waals surface area contributed by atoms with Gasteiger partial charge in [-0.2, -0.15) is 0 Å². The Kier molecular flexibility index (Phi) is 10.00. The van der Waals surface area contributed by atoms with Gasteiger partial charge < -0.3 is 29.6 Å². The van der Waals surface area contributed by atoms with Crippen molar-refractivity contribution in [2.75, 3.05) is 24.3 Å². The molecule has 4 aromatic rings. The number of pyridine rings is 1. The number of nitrogens with zero attached hydrogens (tertiary/aromatic N) is 3. The number of aromatic nitrogens is 3. The largest absolute Gasteiger partial charge is 0.465 e. The van der Waals surface area contributed by atoms with E-state index in [0.717, 1.165) is 64.8 Å². The molecule has 47 heavy (non-hydrogen) atoms. The number of carbonyl (C=O) groups is 1. The molecule has 2 aromatic carbocycles. The van der Waals surface area contributed by atoms with Gasteiger partial charge in [0.2, 0.25) is 0 Å². The summed E-state index contributed by atoms with van der Waals surface area (Å²) in [6.45, 7) is 8.67. The Morgan fingerprint density at radius 1 is 1.11 bits per heavy atom. The van der Waals surface area contributed by atoms with Crippen LogP contribution in [0.5, 0.6) is 0 Å². The number of fused-ring (bicyclic) bond motifs is 1. The maximum absolute atomic E-state index is 11.2. The Balaban J connectivity index is 1.38. The van der Waals surface area contributed by atoms with Crippen molar-refractivity contribution in [3.05, 3.63) is 83.0 Å². The summed E-state index contributed by atoms with van der Waals surface area (Å²) in [6, 6.07) is 15.9. The highest BCUT2D eigenvalue weighted by molar-refractivity contribution is 6.76. The lowest BCUT2D eigenvalue weighted by molar-refractivity contribution is -0.189. The molecule has 2 aromatic heterocycles. The molecule has 4 N–H and O–H groups in total. The van der Waals surface area contributed by atoms with E-state index in [1.807, 2.05) is 36.7 Å². The maximum Gasteiger partial charge on any atom is 0.409 e. The van der Waals surface area contributed by atoms with E-state index in [0.29, 0.717) is 42.8 Å². The first-order valence-electron chi connectivity index (χ1n) is 16.1. The lowest BCUT2D eigenvalue weighted by atomic mass is 10.0. The second-order valence-electron chi connectivity index (χ2n) is 13.4. The van der Waals surface area contributed by atoms with Gasteiger partial charge in [0.1, 0.15) is 12.6 Å². The van der Waals surface area contributed by atoms with Crippen molar-refractivity contribution in [1.29, 1.82) is 0 Å². The van der Waals surface area contributed by atoms with E-state index >= 15 is 0 Å². The van der Waals surface area contributed by atoms with Gasteiger partial charge in [-0.15, -0.1) is 0 Å². The molecule has 2 aliphatic rings. The van der Waals surface area contributed by atoms with Crippen LogP contribution in [0.25, 0.3) is 22.4 Å². The number of rotatable bonds is 11. The molecular formula is C35H42ClN5O5Si. The van der Waals surface area contributed by atoms with E-state index in [-0.39, 0.29) is 18.3 Å². The van der Waals surface area contributed by atoms with Gasteiger partial charge in [-0.05, 0) is 73.7 Å². The number of hydrogen-bond acceptors (Lipinski definition) is 7. The van der Waals surface area contributed by atoms with Crippen LogP contribution < -0.4 is 11.1 Å². The SMILES string of the molecule is C[Si](C)(C)CCOCn1c(-c2ccc(NC(=O)O)cc2)cnc1C1CC(OC2CCCCO2)c2cc(-c3cc(Cl)ccc3N)cnc21. The minimum absolute atomic E-state index is 0.161. The van der Waals surface area contributed by atoms with Crippen molar-refractivity contribution in [3.8, 4) is 22.4 Å². The molecule has 0 bridgehead atoms. The van der Waals surface area contributed by atoms with Gasteiger partial charge in [-0.1, -0.05) is 43.4 Å². The molecule has 0 saturated carbocycles. The number of carboxylic acid groups (broad SMARTS) is 1. The second kappa shape index (κ2) is 14.2. The standard InChI is InChI=1S/C35H42ClN5O5Si/c1-47(2,3)15-14-44-21-41-30(22-7-10-25(11-8-22)40-35(42)43)20-39-34(41)28-18-31(46-32-6-4-5-13-45-32)27-16-23(19-38-33(27)28)26-17-24(36)9-12-29(26)37/h7-12,16-17,19-20,28,31-32,40H,4-6,13-15,18,21,37H2,1-3H3,(H,42,43). The lowest BCUT2D eigenvalue weighted by Gasteiger charge is -2.26. The highest BCUT2D eigenvalue weighted by Gasteiger charge is 2.39. The third-order valence-corrected chi connectivity index (χ3v) is 10.6. The Morgan fingerprint density at radius 3 is 2.64 bits per heavy atom. The van der Waals surface area contributed by atoms with Crippen LogP contribution in [0.3, 0.4) is 0 Å². The predicted octanol–water partition coefficient (Wildman–Crippen LogP) is 8.37. The third-order valence-electron chi connectivity index (χ3n) is 8.70. The summed E-state index contributed by atoms with van der Waals surface area (Å²) >= 11 is 6.36. The Hall–Kier alpha value is -3.74. The summed E-state index contributed by atoms with van der Waals surface area (Å²) in [5.74, 6) is 0.673. The molecule has 3 atom stereocenters. The van der Waals surface area contributed by atoms with Crippen molar-refractivity contribution < 1.29 is 24.1 Å². The van der Waals surface area contributed by atoms with Crippen LogP contribution in [-0.4, -0.2) is 53.3 Å². The second-order valence-corrected chi connectivity index (χ2v) is 19.5. The first kappa shape index (κ1) is 33.2. The number of amides is 1. The van der Waals surface area contributed by atoms with E-state index in [4.69, 9.17) is 46.6 Å². The van der Waals surface area contributed by atoms with E-state index < -0.39 is 14.2 Å². The average molecular weight is 676 g/mol. The topological polar surface area (TPSA) is 134 Å². The third kappa shape index (κ3) is 7.87. The molecule has 6 rings (SSSR count). The summed E-state index contributed by atoms with van der Waals surface area (Å²) in [5.41, 5.74) is 12.8. The van der Waals surface area contributed by atoms with E-state index in [9.17, 15) is 4.79 Å². The highest BCUT2D eigenvalue weighted by atomic mass is 35.5. The summed E-state index contributed by atoms with van der Waals surface area (Å²) in [4.78, 5) is 21.2. The molecule has 248 valence electrons. The number of halogens is 1. The number of nitrogens with one attached hydrogen (secondary N) is 1. The number of ether oxygens (including phenoxy) is 3. The van der Waals surface area contributed by atoms with Gasteiger partial charge in [-0.3, -0.25) is 10.3 Å². The molecular weight excluding hydrogens is 634 g/mol. The predicted molar refractivity (Wildman–Crippen MR) is 186 cm³/mol. The molecule has 1 fully saturated rings. The van der Waals surface area contributed by atoms with Crippen LogP contribution >= 0.6 is 11.6 Å². The van der Waals surface area contributed by atoms with Crippen LogP contribution in [0.15, 0.2) is 60.9 Å². The Labute approximate surface area is 281 Å². The Morgan fingerprint density at radius 2 is 1.91 bits per heavy atom. The zero-order chi connectivity index (χ0) is 33.1. The van der Waals surface area contributed by atoms with Crippen LogP contribution in [0.1, 0.15) is 54.8 Å². The van der Waals surface area contributed by atoms with Crippen LogP contribution in [0, 0.1) is 0 Å². The van der Waals surface area contributed by atoms with Crippen LogP contribution in [0.2, 0.25) is 30.7 Å². The van der Waals surface area contributed by atoms with E-state index in [1.165, 1.54) is 0 Å². The fourth-order valence-electron chi connectivity index (χ4n) is 6.19. The molecule has 1 saturated heterocycles. The number of anilines is 2. The van der Waals surface area contributed by atoms with Crippen LogP contribution in [0.4, 0.5) is 16.2 Å². The van der Waals surface area contributed by atoms with Gasteiger partial charge >= 0.3 is 6.09 Å². The normalized spacial score (nSPS) is 19.4. The van der Waals surface area contributed by atoms with E-state index in [2.05, 4.69) is 35.6 Å². The number of benzene rings is 2. The van der Waals surface area contributed by atoms with Crippen molar-refractivity contribution >= 4 is 37.1 Å². The summed E-state index contributed by atoms with van der Waals surface area (Å²) < 4.78 is 21.1. The van der Waals surface area contributed by atoms with E-state index in [1.54, 1.807) is 18.2 Å². The molecule has 10 nitrogen and oxygen atoms in total. The molecule has 3 heterocycles. The van der Waals surface area contributed by atoms with Gasteiger partial charge in [0.05, 0.1) is 29.6 Å². The molecule has 1 amide bonds. The molecule has 1 aliphatic carbocycles. The van der Waals surface area contributed by atoms with Gasteiger partial charge in [0, 0.05) is 60.6 Å². The lowest BCUT2D eigenvalue weighted by Crippen LogP contribution is -2.24. The molecule has 0 radical (unpaired) electrons. The summed E-state index contributed by atoms with van der Waals surface area (Å²) in [7, 11) is -1.30. The summed E-state index contributed by atoms with van der Waals surface area (Å²) in [6.07, 6.45) is 5.65. The minimum Gasteiger partial charge on any atom is -0.465 e. The first-order valence-corrected chi connectivity index (χ1v) is 20.2. The number of imidazole rings is 1. The summed E-state index contributed by atoms with van der Waals surface area (Å²) in [5, 5.41) is 12.1. The van der Waals surface area contributed by atoms with Crippen molar-refractivity contribution in [1.82, 2.24) is 14.5 Å². The Bertz CT molecular complexity index is 1720. The van der Waals surface area contributed by atoms with Crippen LogP contribution in [-0.2, 0) is 20.9 Å². The molecule has 12 heteroatoms. The molecule has 1 aliphatic heterocycles. The van der Waals surface area contributed by atoms with Crippen molar-refractivity contribution in [3.63, 3.8) is 0 Å². The fraction of sp³-hybridized carbons (Fsp3) is 0.400. The molecule has 0 spiro atoms. The maximum atomic E-state index is 11.2. The zero-order valence-electron chi connectivity index (χ0n) is 27.0. The minimum atomic E-state index is -1.30. The quantitative estimate of drug-likeness (QED) is 0.0820.